The summed E-state index contributed by atoms with van der Waals surface area (Å²) in [6.07, 6.45) is 3.51. The third kappa shape index (κ3) is 5.64. The van der Waals surface area contributed by atoms with Crippen LogP contribution >= 0.6 is 0 Å². The van der Waals surface area contributed by atoms with Crippen molar-refractivity contribution in [1.82, 2.24) is 0 Å². The second-order valence-corrected chi connectivity index (χ2v) is 10.2. The van der Waals surface area contributed by atoms with Gasteiger partial charge < -0.3 is 10.2 Å². The second-order valence-electron chi connectivity index (χ2n) is 10.2. The van der Waals surface area contributed by atoms with Gasteiger partial charge in [0.05, 0.1) is 11.4 Å². The molecule has 0 aromatic heterocycles. The summed E-state index contributed by atoms with van der Waals surface area (Å²) in [6, 6.07) is 13.6. The molecule has 0 saturated heterocycles. The van der Waals surface area contributed by atoms with Crippen molar-refractivity contribution < 1.29 is 10.2 Å². The number of aromatic hydroxyl groups is 2. The number of aliphatic imine (C=N–C) groups is 2. The van der Waals surface area contributed by atoms with Gasteiger partial charge in [0.1, 0.15) is 11.5 Å². The molecule has 0 aliphatic heterocycles. The van der Waals surface area contributed by atoms with E-state index in [1.165, 1.54) is 0 Å². The molecule has 0 atom stereocenters. The molecule has 3 aromatic rings. The highest BCUT2D eigenvalue weighted by Gasteiger charge is 2.22. The van der Waals surface area contributed by atoms with Gasteiger partial charge in [0, 0.05) is 29.1 Å². The summed E-state index contributed by atoms with van der Waals surface area (Å²) in [6.45, 7) is 16.8. The zero-order chi connectivity index (χ0) is 25.9. The molecule has 0 saturated carbocycles. The van der Waals surface area contributed by atoms with E-state index in [0.717, 1.165) is 39.2 Å². The van der Waals surface area contributed by atoms with Gasteiger partial charge in [-0.25, -0.2) is 0 Å². The van der Waals surface area contributed by atoms with Gasteiger partial charge in [-0.15, -0.1) is 0 Å². The van der Waals surface area contributed by atoms with Gasteiger partial charge >= 0.3 is 0 Å². The lowest BCUT2D eigenvalue weighted by Gasteiger charge is -2.23. The Balaban J connectivity index is 2.29. The van der Waals surface area contributed by atoms with Gasteiger partial charge in [-0.05, 0) is 66.0 Å². The molecule has 3 aromatic carbocycles. The zero-order valence-corrected chi connectivity index (χ0v) is 22.2. The normalized spacial score (nSPS) is 12.2. The van der Waals surface area contributed by atoms with E-state index in [2.05, 4.69) is 47.6 Å². The standard InChI is InChI=1S/C31H38N2O2/c1-18(2)25-15-26(19(3)4)29(33-17-24-14-10-12-22(8)31(24)35)27(20(5)6)28(25)32-16-23-13-9-11-21(7)30(23)34/h9-20,34-35H,1-8H3. The van der Waals surface area contributed by atoms with Crippen molar-refractivity contribution in [3.8, 4) is 11.5 Å². The Morgan fingerprint density at radius 3 is 1.37 bits per heavy atom. The largest absolute Gasteiger partial charge is 0.507 e. The van der Waals surface area contributed by atoms with Crippen molar-refractivity contribution in [3.05, 3.63) is 81.4 Å². The van der Waals surface area contributed by atoms with E-state index in [4.69, 9.17) is 9.98 Å². The van der Waals surface area contributed by atoms with Gasteiger partial charge in [0.15, 0.2) is 0 Å². The fraction of sp³-hybridized carbons (Fsp3) is 0.355. The highest BCUT2D eigenvalue weighted by Crippen LogP contribution is 2.45. The van der Waals surface area contributed by atoms with E-state index in [0.29, 0.717) is 11.1 Å². The van der Waals surface area contributed by atoms with Crippen LogP contribution in [0.3, 0.4) is 0 Å². The molecular weight excluding hydrogens is 432 g/mol. The summed E-state index contributed by atoms with van der Waals surface area (Å²) in [5, 5.41) is 21.0. The Labute approximate surface area is 210 Å². The predicted octanol–water partition coefficient (Wildman–Crippen LogP) is 8.59. The molecule has 0 amide bonds. The number of phenolic OH excluding ortho intramolecular Hbond substituents is 2. The van der Waals surface area contributed by atoms with Crippen molar-refractivity contribution in [3.63, 3.8) is 0 Å². The number of rotatable bonds is 7. The molecule has 4 nitrogen and oxygen atoms in total. The van der Waals surface area contributed by atoms with Crippen molar-refractivity contribution in [2.75, 3.05) is 0 Å². The van der Waals surface area contributed by atoms with Gasteiger partial charge in [0.25, 0.3) is 0 Å². The third-order valence-corrected chi connectivity index (χ3v) is 6.39. The van der Waals surface area contributed by atoms with E-state index in [1.807, 2.05) is 50.2 Å². The van der Waals surface area contributed by atoms with E-state index in [9.17, 15) is 10.2 Å². The Morgan fingerprint density at radius 2 is 1.03 bits per heavy atom. The van der Waals surface area contributed by atoms with Crippen molar-refractivity contribution in [2.45, 2.75) is 73.1 Å². The molecule has 35 heavy (non-hydrogen) atoms. The quantitative estimate of drug-likeness (QED) is 0.340. The molecule has 0 spiro atoms. The monoisotopic (exact) mass is 470 g/mol. The molecule has 0 fully saturated rings. The fourth-order valence-corrected chi connectivity index (χ4v) is 4.28. The first-order chi connectivity index (χ1) is 16.5. The number of aryl methyl sites for hydroxylation is 2. The topological polar surface area (TPSA) is 65.2 Å². The van der Waals surface area contributed by atoms with Crippen LogP contribution in [0, 0.1) is 13.8 Å². The average molecular weight is 471 g/mol. The number of para-hydroxylation sites is 2. The minimum atomic E-state index is 0.169. The van der Waals surface area contributed by atoms with E-state index in [-0.39, 0.29) is 29.3 Å². The van der Waals surface area contributed by atoms with Crippen LogP contribution in [-0.4, -0.2) is 22.6 Å². The Morgan fingerprint density at radius 1 is 0.629 bits per heavy atom. The smallest absolute Gasteiger partial charge is 0.127 e. The average Bonchev–Trinajstić information content (AvgIpc) is 2.79. The Bertz CT molecular complexity index is 1180. The number of phenols is 2. The number of hydrogen-bond acceptors (Lipinski definition) is 4. The first-order valence-corrected chi connectivity index (χ1v) is 12.4. The molecule has 0 aliphatic rings. The molecule has 4 heteroatoms. The highest BCUT2D eigenvalue weighted by molar-refractivity contribution is 5.90. The maximum Gasteiger partial charge on any atom is 0.127 e. The van der Waals surface area contributed by atoms with Crippen LogP contribution in [0.5, 0.6) is 11.5 Å². The lowest BCUT2D eigenvalue weighted by molar-refractivity contribution is 0.470. The van der Waals surface area contributed by atoms with Crippen LogP contribution < -0.4 is 0 Å². The Hall–Kier alpha value is -3.40. The van der Waals surface area contributed by atoms with Crippen LogP contribution in [-0.2, 0) is 0 Å². The van der Waals surface area contributed by atoms with Crippen molar-refractivity contribution in [1.29, 1.82) is 0 Å². The minimum Gasteiger partial charge on any atom is -0.507 e. The number of benzene rings is 3. The van der Waals surface area contributed by atoms with Gasteiger partial charge in [0.2, 0.25) is 0 Å². The van der Waals surface area contributed by atoms with Crippen LogP contribution in [0.15, 0.2) is 52.4 Å². The first kappa shape index (κ1) is 26.2. The van der Waals surface area contributed by atoms with Crippen molar-refractivity contribution >= 4 is 23.8 Å². The SMILES string of the molecule is Cc1cccc(C=Nc2c(C(C)C)cc(C(C)C)c(N=Cc3cccc(C)c3O)c2C(C)C)c1O. The lowest BCUT2D eigenvalue weighted by atomic mass is 9.85. The first-order valence-electron chi connectivity index (χ1n) is 12.4. The summed E-state index contributed by atoms with van der Waals surface area (Å²) in [4.78, 5) is 9.92. The summed E-state index contributed by atoms with van der Waals surface area (Å²) >= 11 is 0. The minimum absolute atomic E-state index is 0.169. The van der Waals surface area contributed by atoms with Gasteiger partial charge in [-0.3, -0.25) is 9.98 Å². The number of hydrogen-bond donors (Lipinski definition) is 2. The van der Waals surface area contributed by atoms with Gasteiger partial charge in [-0.1, -0.05) is 71.9 Å². The molecule has 0 heterocycles. The second kappa shape index (κ2) is 10.9. The predicted molar refractivity (Wildman–Crippen MR) is 149 cm³/mol. The molecule has 3 rings (SSSR count). The van der Waals surface area contributed by atoms with Gasteiger partial charge in [-0.2, -0.15) is 0 Å². The van der Waals surface area contributed by atoms with E-state index < -0.39 is 0 Å². The van der Waals surface area contributed by atoms with Crippen LogP contribution in [0.1, 0.15) is 98.2 Å². The van der Waals surface area contributed by atoms with Crippen LogP contribution in [0.25, 0.3) is 0 Å². The maximum absolute atomic E-state index is 10.5. The molecule has 0 radical (unpaired) electrons. The summed E-state index contributed by atoms with van der Waals surface area (Å²) in [5.74, 6) is 1.20. The Kier molecular flexibility index (Phi) is 8.16. The fourth-order valence-electron chi connectivity index (χ4n) is 4.28. The molecule has 2 N–H and O–H groups in total. The molecular formula is C31H38N2O2. The molecule has 0 aliphatic carbocycles. The van der Waals surface area contributed by atoms with E-state index in [1.54, 1.807) is 12.4 Å². The van der Waals surface area contributed by atoms with Crippen LogP contribution in [0.2, 0.25) is 0 Å². The highest BCUT2D eigenvalue weighted by atomic mass is 16.3. The number of nitrogens with zero attached hydrogens (tertiary/aromatic N) is 2. The van der Waals surface area contributed by atoms with E-state index >= 15 is 0 Å². The third-order valence-electron chi connectivity index (χ3n) is 6.39. The summed E-state index contributed by atoms with van der Waals surface area (Å²) in [5.41, 5.74) is 8.24. The maximum atomic E-state index is 10.5. The lowest BCUT2D eigenvalue weighted by Crippen LogP contribution is -2.02. The summed E-state index contributed by atoms with van der Waals surface area (Å²) < 4.78 is 0. The molecule has 0 unspecified atom stereocenters. The molecule has 0 bridgehead atoms. The summed E-state index contributed by atoms with van der Waals surface area (Å²) in [7, 11) is 0. The molecule has 184 valence electrons. The zero-order valence-electron chi connectivity index (χ0n) is 22.2. The van der Waals surface area contributed by atoms with Crippen molar-refractivity contribution in [2.24, 2.45) is 9.98 Å². The van der Waals surface area contributed by atoms with Crippen LogP contribution in [0.4, 0.5) is 11.4 Å².